The van der Waals surface area contributed by atoms with Crippen LogP contribution in [0.3, 0.4) is 0 Å². The van der Waals surface area contributed by atoms with Crippen molar-refractivity contribution in [2.45, 2.75) is 0 Å². The third-order valence-corrected chi connectivity index (χ3v) is 2.09. The molecule has 0 aliphatic rings. The molecule has 0 atom stereocenters. The quantitative estimate of drug-likeness (QED) is 0.704. The maximum Gasteiger partial charge on any atom is 0.0992 e. The van der Waals surface area contributed by atoms with Gasteiger partial charge in [0.1, 0.15) is 0 Å². The van der Waals surface area contributed by atoms with E-state index in [2.05, 4.69) is 0 Å². The van der Waals surface area contributed by atoms with E-state index >= 15 is 0 Å². The fourth-order valence-corrected chi connectivity index (χ4v) is 1.26. The second-order valence-corrected chi connectivity index (χ2v) is 3.54. The van der Waals surface area contributed by atoms with Crippen LogP contribution in [0.25, 0.3) is 0 Å². The number of rotatable bonds is 0. The van der Waals surface area contributed by atoms with Crippen LogP contribution < -0.4 is 0 Å². The minimum absolute atomic E-state index is 0.600. The molecule has 3 heteroatoms. The van der Waals surface area contributed by atoms with Gasteiger partial charge in [0.15, 0.2) is 0 Å². The second kappa shape index (κ2) is 7.06. The maximum absolute atomic E-state index is 8.35. The van der Waals surface area contributed by atoms with Crippen LogP contribution in [-0.4, -0.2) is 0 Å². The monoisotopic (exact) mass is 240 g/mol. The molecular weight excluding hydrogens is 232 g/mol. The van der Waals surface area contributed by atoms with E-state index in [-0.39, 0.29) is 0 Å². The average molecular weight is 241 g/mol. The maximum atomic E-state index is 8.35. The fourth-order valence-electron chi connectivity index (χ4n) is 1.07. The summed E-state index contributed by atoms with van der Waals surface area (Å²) in [4.78, 5) is 0. The van der Waals surface area contributed by atoms with Crippen LogP contribution in [0.1, 0.15) is 11.1 Å². The molecule has 0 spiro atoms. The molecule has 0 heterocycles. The van der Waals surface area contributed by atoms with E-state index in [9.17, 15) is 0 Å². The lowest BCUT2D eigenvalue weighted by Gasteiger charge is -1.86. The number of nitriles is 2. The first-order valence-corrected chi connectivity index (χ1v) is 5.25. The molecule has 0 bridgehead atoms. The molecule has 82 valence electrons. The van der Waals surface area contributed by atoms with Gasteiger partial charge in [-0.2, -0.15) is 10.5 Å². The van der Waals surface area contributed by atoms with Crippen LogP contribution in [0.2, 0.25) is 5.02 Å². The van der Waals surface area contributed by atoms with Crippen molar-refractivity contribution < 1.29 is 0 Å². The first-order valence-electron chi connectivity index (χ1n) is 4.87. The van der Waals surface area contributed by atoms with Crippen LogP contribution >= 0.6 is 11.6 Å². The van der Waals surface area contributed by atoms with Gasteiger partial charge in [0.25, 0.3) is 0 Å². The Bertz CT molecular complexity index is 550. The molecule has 0 aliphatic heterocycles. The van der Waals surface area contributed by atoms with Crippen molar-refractivity contribution in [3.05, 3.63) is 70.7 Å². The molecule has 17 heavy (non-hydrogen) atoms. The molecule has 0 N–H and O–H groups in total. The lowest BCUT2D eigenvalue weighted by Crippen LogP contribution is -1.69. The highest BCUT2D eigenvalue weighted by Gasteiger charge is 1.87. The molecule has 2 aromatic rings. The van der Waals surface area contributed by atoms with Gasteiger partial charge in [-0.25, -0.2) is 0 Å². The third-order valence-electron chi connectivity index (χ3n) is 1.86. The lowest BCUT2D eigenvalue weighted by molar-refractivity contribution is 1.49. The average Bonchev–Trinajstić information content (AvgIpc) is 2.40. The highest BCUT2D eigenvalue weighted by Crippen LogP contribution is 2.08. The minimum atomic E-state index is 0.600. The van der Waals surface area contributed by atoms with Crippen LogP contribution in [0.5, 0.6) is 0 Å². The van der Waals surface area contributed by atoms with Gasteiger partial charge in [0.05, 0.1) is 23.3 Å². The van der Waals surface area contributed by atoms with Crippen molar-refractivity contribution in [2.24, 2.45) is 0 Å². The Hall–Kier alpha value is -2.29. The molecule has 0 fully saturated rings. The van der Waals surface area contributed by atoms with Crippen molar-refractivity contribution in [3.63, 3.8) is 0 Å². The predicted molar refractivity (Wildman–Crippen MR) is 67.3 cm³/mol. The largest absolute Gasteiger partial charge is 0.192 e. The SMILES string of the molecule is N#Cc1cccc(Cl)c1.N#Cc1ccccc1. The topological polar surface area (TPSA) is 47.6 Å². The molecule has 0 saturated carbocycles. The molecule has 2 nitrogen and oxygen atoms in total. The Labute approximate surface area is 105 Å². The standard InChI is InChI=1S/C7H4ClN.C7H5N/c8-7-3-1-2-6(4-7)5-9;8-6-7-4-2-1-3-5-7/h1-4H;1-5H. The molecule has 0 saturated heterocycles. The van der Waals surface area contributed by atoms with Gasteiger partial charge in [0, 0.05) is 5.02 Å². The Morgan fingerprint density at radius 1 is 0.765 bits per heavy atom. The predicted octanol–water partition coefficient (Wildman–Crippen LogP) is 3.77. The molecule has 0 unspecified atom stereocenters. The summed E-state index contributed by atoms with van der Waals surface area (Å²) in [6, 6.07) is 20.0. The van der Waals surface area contributed by atoms with Gasteiger partial charge in [-0.1, -0.05) is 35.9 Å². The molecule has 2 aromatic carbocycles. The Balaban J connectivity index is 0.000000171. The van der Waals surface area contributed by atoms with Crippen LogP contribution in [0.4, 0.5) is 0 Å². The summed E-state index contributed by atoms with van der Waals surface area (Å²) in [5.74, 6) is 0. The molecule has 2 rings (SSSR count). The normalized spacial score (nSPS) is 8.18. The molecule has 0 amide bonds. The Morgan fingerprint density at radius 3 is 1.76 bits per heavy atom. The molecule has 0 aliphatic carbocycles. The Kier molecular flexibility index (Phi) is 5.31. The zero-order chi connectivity index (χ0) is 12.5. The Morgan fingerprint density at radius 2 is 1.35 bits per heavy atom. The van der Waals surface area contributed by atoms with E-state index < -0.39 is 0 Å². The van der Waals surface area contributed by atoms with E-state index in [1.807, 2.05) is 30.3 Å². The summed E-state index contributed by atoms with van der Waals surface area (Å²) in [6.07, 6.45) is 0. The van der Waals surface area contributed by atoms with E-state index in [1.165, 1.54) is 0 Å². The van der Waals surface area contributed by atoms with E-state index in [1.54, 1.807) is 36.4 Å². The fraction of sp³-hybridized carbons (Fsp3) is 0. The van der Waals surface area contributed by atoms with Crippen LogP contribution in [0, 0.1) is 22.7 Å². The highest BCUT2D eigenvalue weighted by atomic mass is 35.5. The number of nitrogens with zero attached hydrogens (tertiary/aromatic N) is 2. The van der Waals surface area contributed by atoms with E-state index in [0.29, 0.717) is 16.1 Å². The number of hydrogen-bond acceptors (Lipinski definition) is 2. The van der Waals surface area contributed by atoms with Gasteiger partial charge < -0.3 is 0 Å². The number of benzene rings is 2. The van der Waals surface area contributed by atoms with Crippen LogP contribution in [-0.2, 0) is 0 Å². The number of halogens is 1. The van der Waals surface area contributed by atoms with Crippen molar-refractivity contribution in [3.8, 4) is 12.1 Å². The van der Waals surface area contributed by atoms with E-state index in [0.717, 1.165) is 0 Å². The second-order valence-electron chi connectivity index (χ2n) is 3.10. The number of hydrogen-bond donors (Lipinski definition) is 0. The summed E-state index contributed by atoms with van der Waals surface area (Å²) in [7, 11) is 0. The first kappa shape index (κ1) is 12.8. The highest BCUT2D eigenvalue weighted by molar-refractivity contribution is 6.30. The van der Waals surface area contributed by atoms with Gasteiger partial charge in [-0.05, 0) is 30.3 Å². The molecule has 0 radical (unpaired) electrons. The molecule has 0 aromatic heterocycles. The van der Waals surface area contributed by atoms with Crippen molar-refractivity contribution >= 4 is 11.6 Å². The summed E-state index contributed by atoms with van der Waals surface area (Å²) in [5.41, 5.74) is 1.31. The van der Waals surface area contributed by atoms with Crippen LogP contribution in [0.15, 0.2) is 54.6 Å². The van der Waals surface area contributed by atoms with Crippen molar-refractivity contribution in [1.29, 1.82) is 10.5 Å². The third kappa shape index (κ3) is 4.84. The minimum Gasteiger partial charge on any atom is -0.192 e. The summed E-state index contributed by atoms with van der Waals surface area (Å²) in [5, 5.41) is 17.2. The van der Waals surface area contributed by atoms with Gasteiger partial charge in [0.2, 0.25) is 0 Å². The summed E-state index contributed by atoms with van der Waals surface area (Å²) in [6.45, 7) is 0. The van der Waals surface area contributed by atoms with Gasteiger partial charge in [-0.3, -0.25) is 0 Å². The van der Waals surface area contributed by atoms with Gasteiger partial charge in [-0.15, -0.1) is 0 Å². The first-order chi connectivity index (χ1) is 8.26. The zero-order valence-corrected chi connectivity index (χ0v) is 9.72. The lowest BCUT2D eigenvalue weighted by atomic mass is 10.2. The van der Waals surface area contributed by atoms with Gasteiger partial charge >= 0.3 is 0 Å². The van der Waals surface area contributed by atoms with Crippen molar-refractivity contribution in [2.75, 3.05) is 0 Å². The van der Waals surface area contributed by atoms with Crippen molar-refractivity contribution in [1.82, 2.24) is 0 Å². The summed E-state index contributed by atoms with van der Waals surface area (Å²) >= 11 is 5.57. The molecular formula is C14H9ClN2. The summed E-state index contributed by atoms with van der Waals surface area (Å²) < 4.78 is 0. The smallest absolute Gasteiger partial charge is 0.0992 e. The van der Waals surface area contributed by atoms with E-state index in [4.69, 9.17) is 22.1 Å². The zero-order valence-electron chi connectivity index (χ0n) is 8.97.